The molecule has 0 saturated heterocycles. The maximum Gasteiger partial charge on any atom is 0.303 e. The van der Waals surface area contributed by atoms with Gasteiger partial charge in [0.1, 0.15) is 6.10 Å². The summed E-state index contributed by atoms with van der Waals surface area (Å²) in [5.74, 6) is 6.84. The Balaban J connectivity index is 1.55. The van der Waals surface area contributed by atoms with Crippen LogP contribution in [0.15, 0.2) is 11.6 Å². The summed E-state index contributed by atoms with van der Waals surface area (Å²) in [5, 5.41) is 29.3. The maximum atomic E-state index is 10.6. The van der Waals surface area contributed by atoms with Gasteiger partial charge in [0.25, 0.3) is 0 Å². The second kappa shape index (κ2) is 8.38. The van der Waals surface area contributed by atoms with Gasteiger partial charge < -0.3 is 15.3 Å². The molecule has 4 nitrogen and oxygen atoms in total. The van der Waals surface area contributed by atoms with Crippen LogP contribution in [0.4, 0.5) is 0 Å². The van der Waals surface area contributed by atoms with E-state index in [0.717, 1.165) is 25.7 Å². The summed E-state index contributed by atoms with van der Waals surface area (Å²) in [6.07, 6.45) is 10.2. The van der Waals surface area contributed by atoms with E-state index >= 15 is 0 Å². The van der Waals surface area contributed by atoms with E-state index in [2.05, 4.69) is 17.9 Å². The Hall–Kier alpha value is -1.31. The van der Waals surface area contributed by atoms with Crippen molar-refractivity contribution in [3.05, 3.63) is 11.6 Å². The van der Waals surface area contributed by atoms with Gasteiger partial charge >= 0.3 is 5.97 Å². The van der Waals surface area contributed by atoms with Crippen molar-refractivity contribution >= 4 is 5.97 Å². The summed E-state index contributed by atoms with van der Waals surface area (Å²) in [5.41, 5.74) is 1.34. The molecule has 3 saturated carbocycles. The van der Waals surface area contributed by atoms with Crippen molar-refractivity contribution in [3.8, 4) is 11.8 Å². The van der Waals surface area contributed by atoms with Gasteiger partial charge in [0, 0.05) is 6.42 Å². The molecule has 0 amide bonds. The molecule has 0 aliphatic heterocycles. The monoisotopic (exact) mass is 346 g/mol. The van der Waals surface area contributed by atoms with E-state index in [-0.39, 0.29) is 12.3 Å². The fourth-order valence-corrected chi connectivity index (χ4v) is 4.90. The van der Waals surface area contributed by atoms with Crippen LogP contribution in [0.25, 0.3) is 0 Å². The Morgan fingerprint density at radius 2 is 2.00 bits per heavy atom. The van der Waals surface area contributed by atoms with Crippen molar-refractivity contribution in [2.45, 2.75) is 76.4 Å². The average molecular weight is 346 g/mol. The molecule has 138 valence electrons. The van der Waals surface area contributed by atoms with Crippen molar-refractivity contribution in [3.63, 3.8) is 0 Å². The first-order chi connectivity index (χ1) is 12.0. The van der Waals surface area contributed by atoms with Crippen molar-refractivity contribution < 1.29 is 20.1 Å². The number of fused-ring (bicyclic) bond motifs is 1. The normalized spacial score (nSPS) is 34.7. The zero-order valence-corrected chi connectivity index (χ0v) is 14.9. The number of hydrogen-bond acceptors (Lipinski definition) is 3. The van der Waals surface area contributed by atoms with Gasteiger partial charge in [0.15, 0.2) is 0 Å². The standard InChI is InChI=1S/C21H30O4/c22-16(12-14-4-1-2-5-14)8-9-18-19-13-15(6-3-7-21(24)25)17(19)10-11-20(18)23/h6,14,16-20,22-23H,1-5,7,10-13H2,(H,24,25). The highest BCUT2D eigenvalue weighted by atomic mass is 16.4. The molecular formula is C21H30O4. The van der Waals surface area contributed by atoms with Crippen LogP contribution in [0.2, 0.25) is 0 Å². The zero-order valence-electron chi connectivity index (χ0n) is 14.9. The third-order valence-electron chi connectivity index (χ3n) is 6.33. The van der Waals surface area contributed by atoms with Crippen LogP contribution in [0.1, 0.15) is 64.2 Å². The molecule has 3 fully saturated rings. The largest absolute Gasteiger partial charge is 0.481 e. The first kappa shape index (κ1) is 18.5. The van der Waals surface area contributed by atoms with Gasteiger partial charge in [-0.25, -0.2) is 0 Å². The molecule has 4 heteroatoms. The smallest absolute Gasteiger partial charge is 0.303 e. The molecule has 5 atom stereocenters. The number of allylic oxidation sites excluding steroid dienone is 2. The number of rotatable bonds is 5. The number of aliphatic hydroxyl groups is 2. The first-order valence-corrected chi connectivity index (χ1v) is 9.82. The van der Waals surface area contributed by atoms with E-state index in [1.165, 1.54) is 31.3 Å². The van der Waals surface area contributed by atoms with Crippen LogP contribution in [0, 0.1) is 35.5 Å². The maximum absolute atomic E-state index is 10.6. The highest BCUT2D eigenvalue weighted by Gasteiger charge is 2.46. The Bertz CT molecular complexity index is 564. The Kier molecular flexibility index (Phi) is 6.19. The van der Waals surface area contributed by atoms with E-state index in [0.29, 0.717) is 24.2 Å². The van der Waals surface area contributed by atoms with Crippen LogP contribution < -0.4 is 0 Å². The Labute approximate surface area is 150 Å². The van der Waals surface area contributed by atoms with Crippen LogP contribution in [0.3, 0.4) is 0 Å². The molecule has 0 aromatic heterocycles. The predicted molar refractivity (Wildman–Crippen MR) is 95.6 cm³/mol. The lowest BCUT2D eigenvalue weighted by molar-refractivity contribution is -0.136. The Morgan fingerprint density at radius 1 is 1.24 bits per heavy atom. The minimum atomic E-state index is -0.758. The first-order valence-electron chi connectivity index (χ1n) is 9.82. The van der Waals surface area contributed by atoms with E-state index in [4.69, 9.17) is 5.11 Å². The summed E-state index contributed by atoms with van der Waals surface area (Å²) in [4.78, 5) is 10.6. The lowest BCUT2D eigenvalue weighted by atomic mass is 9.57. The van der Waals surface area contributed by atoms with E-state index in [1.807, 2.05) is 0 Å². The molecule has 0 spiro atoms. The lowest BCUT2D eigenvalue weighted by Gasteiger charge is -2.48. The number of aliphatic hydroxyl groups excluding tert-OH is 2. The van der Waals surface area contributed by atoms with Gasteiger partial charge in [-0.2, -0.15) is 0 Å². The average Bonchev–Trinajstić information content (AvgIpc) is 3.04. The SMILES string of the molecule is O=C(O)CCC=C1CC2C1CCC(O)C2C#CC(O)CC1CCCC1. The van der Waals surface area contributed by atoms with Crippen LogP contribution >= 0.6 is 0 Å². The molecule has 0 aromatic rings. The van der Waals surface area contributed by atoms with Gasteiger partial charge in [-0.3, -0.25) is 4.79 Å². The van der Waals surface area contributed by atoms with E-state index < -0.39 is 18.2 Å². The summed E-state index contributed by atoms with van der Waals surface area (Å²) in [6.45, 7) is 0. The highest BCUT2D eigenvalue weighted by molar-refractivity contribution is 5.66. The number of carboxylic acid groups (broad SMARTS) is 1. The molecule has 25 heavy (non-hydrogen) atoms. The summed E-state index contributed by atoms with van der Waals surface area (Å²) in [6, 6.07) is 0. The van der Waals surface area contributed by atoms with Crippen molar-refractivity contribution in [2.24, 2.45) is 23.7 Å². The zero-order chi connectivity index (χ0) is 17.8. The molecule has 3 N–H and O–H groups in total. The number of hydrogen-bond donors (Lipinski definition) is 3. The minimum absolute atomic E-state index is 0.0476. The van der Waals surface area contributed by atoms with Crippen molar-refractivity contribution in [2.75, 3.05) is 0 Å². The summed E-state index contributed by atoms with van der Waals surface area (Å²) < 4.78 is 0. The quantitative estimate of drug-likeness (QED) is 0.528. The molecule has 3 rings (SSSR count). The number of carboxylic acids is 1. The second-order valence-electron chi connectivity index (χ2n) is 8.05. The number of aliphatic carboxylic acids is 1. The third kappa shape index (κ3) is 4.65. The highest BCUT2D eigenvalue weighted by Crippen LogP contribution is 2.51. The fourth-order valence-electron chi connectivity index (χ4n) is 4.90. The number of carbonyl (C=O) groups is 1. The molecule has 0 aromatic carbocycles. The van der Waals surface area contributed by atoms with Gasteiger partial charge in [-0.1, -0.05) is 49.2 Å². The molecule has 0 radical (unpaired) electrons. The second-order valence-corrected chi connectivity index (χ2v) is 8.05. The van der Waals surface area contributed by atoms with Gasteiger partial charge in [-0.15, -0.1) is 0 Å². The molecule has 3 aliphatic carbocycles. The Morgan fingerprint density at radius 3 is 2.72 bits per heavy atom. The lowest BCUT2D eigenvalue weighted by Crippen LogP contribution is -2.44. The third-order valence-corrected chi connectivity index (χ3v) is 6.33. The molecule has 0 heterocycles. The summed E-state index contributed by atoms with van der Waals surface area (Å²) in [7, 11) is 0. The van der Waals surface area contributed by atoms with Crippen molar-refractivity contribution in [1.82, 2.24) is 0 Å². The molecule has 5 unspecified atom stereocenters. The van der Waals surface area contributed by atoms with Crippen LogP contribution in [-0.4, -0.2) is 33.5 Å². The van der Waals surface area contributed by atoms with Crippen LogP contribution in [0.5, 0.6) is 0 Å². The van der Waals surface area contributed by atoms with E-state index in [1.54, 1.807) is 0 Å². The fraction of sp³-hybridized carbons (Fsp3) is 0.762. The van der Waals surface area contributed by atoms with Gasteiger partial charge in [-0.05, 0) is 49.9 Å². The summed E-state index contributed by atoms with van der Waals surface area (Å²) >= 11 is 0. The molecule has 3 aliphatic rings. The van der Waals surface area contributed by atoms with Gasteiger partial charge in [0.2, 0.25) is 0 Å². The van der Waals surface area contributed by atoms with Crippen molar-refractivity contribution in [1.29, 1.82) is 0 Å². The molecular weight excluding hydrogens is 316 g/mol. The minimum Gasteiger partial charge on any atom is -0.481 e. The predicted octanol–water partition coefficient (Wildman–Crippen LogP) is 3.13. The van der Waals surface area contributed by atoms with E-state index in [9.17, 15) is 15.0 Å². The van der Waals surface area contributed by atoms with Gasteiger partial charge in [0.05, 0.1) is 12.0 Å². The van der Waals surface area contributed by atoms with Crippen LogP contribution in [-0.2, 0) is 4.79 Å². The topological polar surface area (TPSA) is 77.8 Å². The molecule has 0 bridgehead atoms.